The van der Waals surface area contributed by atoms with Crippen LogP contribution in [0.4, 0.5) is 0 Å². The highest BCUT2D eigenvalue weighted by molar-refractivity contribution is 5.24. The van der Waals surface area contributed by atoms with E-state index >= 15 is 0 Å². The molecule has 0 aliphatic heterocycles. The summed E-state index contributed by atoms with van der Waals surface area (Å²) in [6, 6.07) is 0. The van der Waals surface area contributed by atoms with Crippen molar-refractivity contribution in [3.05, 3.63) is 0 Å². The molecule has 0 rings (SSSR count). The highest BCUT2D eigenvalue weighted by Gasteiger charge is 1.93. The molecule has 0 bridgehead atoms. The SMILES string of the molecule is CCCC(O)C#CC#CO. The summed E-state index contributed by atoms with van der Waals surface area (Å²) >= 11 is 0. The molecule has 2 heteroatoms. The number of hydrogen-bond donors (Lipinski definition) is 2. The molecule has 0 heterocycles. The van der Waals surface area contributed by atoms with Gasteiger partial charge in [0.15, 0.2) is 0 Å². The standard InChI is InChI=1S/C8H10O2/c1-2-5-8(10)6-3-4-7-9/h8-10H,2,5H2,1H3. The second kappa shape index (κ2) is 6.01. The summed E-state index contributed by atoms with van der Waals surface area (Å²) in [4.78, 5) is 0. The first-order valence-electron chi connectivity index (χ1n) is 3.14. The van der Waals surface area contributed by atoms with Gasteiger partial charge in [-0.25, -0.2) is 0 Å². The van der Waals surface area contributed by atoms with Crippen LogP contribution in [0, 0.1) is 23.9 Å². The monoisotopic (exact) mass is 138 g/mol. The maximum absolute atomic E-state index is 8.95. The summed E-state index contributed by atoms with van der Waals surface area (Å²) in [5, 5.41) is 16.9. The molecule has 0 aromatic heterocycles. The molecule has 0 spiro atoms. The van der Waals surface area contributed by atoms with Crippen LogP contribution in [0.5, 0.6) is 0 Å². The van der Waals surface area contributed by atoms with E-state index < -0.39 is 6.10 Å². The molecule has 2 N–H and O–H groups in total. The topological polar surface area (TPSA) is 40.5 Å². The van der Waals surface area contributed by atoms with Gasteiger partial charge in [0.05, 0.1) is 0 Å². The van der Waals surface area contributed by atoms with Crippen molar-refractivity contribution in [3.8, 4) is 23.9 Å². The van der Waals surface area contributed by atoms with Crippen molar-refractivity contribution >= 4 is 0 Å². The molecular weight excluding hydrogens is 128 g/mol. The lowest BCUT2D eigenvalue weighted by Gasteiger charge is -1.95. The smallest absolute Gasteiger partial charge is 0.122 e. The average Bonchev–Trinajstić information content (AvgIpc) is 1.89. The Morgan fingerprint density at radius 3 is 2.60 bits per heavy atom. The van der Waals surface area contributed by atoms with Gasteiger partial charge < -0.3 is 10.2 Å². The van der Waals surface area contributed by atoms with Crippen molar-refractivity contribution in [2.75, 3.05) is 0 Å². The number of aliphatic hydroxyl groups is 2. The van der Waals surface area contributed by atoms with Crippen molar-refractivity contribution in [2.24, 2.45) is 0 Å². The molecule has 0 aromatic rings. The molecule has 0 saturated carbocycles. The minimum absolute atomic E-state index is 0.606. The fourth-order valence-corrected chi connectivity index (χ4v) is 0.493. The maximum Gasteiger partial charge on any atom is 0.122 e. The third-order valence-electron chi connectivity index (χ3n) is 0.919. The fraction of sp³-hybridized carbons (Fsp3) is 0.500. The van der Waals surface area contributed by atoms with Crippen LogP contribution in [-0.4, -0.2) is 16.3 Å². The third kappa shape index (κ3) is 5.03. The fourth-order valence-electron chi connectivity index (χ4n) is 0.493. The zero-order chi connectivity index (χ0) is 7.82. The summed E-state index contributed by atoms with van der Waals surface area (Å²) in [7, 11) is 0. The first-order valence-corrected chi connectivity index (χ1v) is 3.14. The van der Waals surface area contributed by atoms with Crippen LogP contribution in [0.25, 0.3) is 0 Å². The third-order valence-corrected chi connectivity index (χ3v) is 0.919. The molecule has 0 saturated heterocycles. The van der Waals surface area contributed by atoms with E-state index in [1.54, 1.807) is 6.11 Å². The molecule has 2 nitrogen and oxygen atoms in total. The second-order valence-corrected chi connectivity index (χ2v) is 1.81. The van der Waals surface area contributed by atoms with E-state index in [9.17, 15) is 0 Å². The van der Waals surface area contributed by atoms with Gasteiger partial charge in [0.1, 0.15) is 12.2 Å². The lowest BCUT2D eigenvalue weighted by molar-refractivity contribution is 0.221. The predicted molar refractivity (Wildman–Crippen MR) is 38.4 cm³/mol. The van der Waals surface area contributed by atoms with Gasteiger partial charge in [0.2, 0.25) is 0 Å². The van der Waals surface area contributed by atoms with Crippen LogP contribution in [-0.2, 0) is 0 Å². The first kappa shape index (κ1) is 8.88. The van der Waals surface area contributed by atoms with Gasteiger partial charge in [0, 0.05) is 5.92 Å². The molecule has 1 atom stereocenters. The van der Waals surface area contributed by atoms with Crippen LogP contribution in [0.3, 0.4) is 0 Å². The average molecular weight is 138 g/mol. The zero-order valence-electron chi connectivity index (χ0n) is 5.89. The van der Waals surface area contributed by atoms with E-state index in [-0.39, 0.29) is 0 Å². The normalized spacial score (nSPS) is 10.2. The van der Waals surface area contributed by atoms with E-state index in [0.29, 0.717) is 6.42 Å². The number of aliphatic hydroxyl groups excluding tert-OH is 2. The lowest BCUT2D eigenvalue weighted by Crippen LogP contribution is -2.00. The molecule has 0 fully saturated rings. The molecule has 1 unspecified atom stereocenters. The Labute approximate surface area is 60.9 Å². The van der Waals surface area contributed by atoms with E-state index in [0.717, 1.165) is 6.42 Å². The van der Waals surface area contributed by atoms with Gasteiger partial charge in [-0.15, -0.1) is 0 Å². The van der Waals surface area contributed by atoms with E-state index in [4.69, 9.17) is 10.2 Å². The van der Waals surface area contributed by atoms with Crippen molar-refractivity contribution in [1.29, 1.82) is 0 Å². The van der Waals surface area contributed by atoms with Crippen molar-refractivity contribution < 1.29 is 10.2 Å². The van der Waals surface area contributed by atoms with Crippen LogP contribution < -0.4 is 0 Å². The highest BCUT2D eigenvalue weighted by atomic mass is 16.3. The summed E-state index contributed by atoms with van der Waals surface area (Å²) in [5.74, 6) is 6.89. The van der Waals surface area contributed by atoms with Crippen molar-refractivity contribution in [1.82, 2.24) is 0 Å². The number of rotatable bonds is 2. The Bertz CT molecular complexity index is 187. The van der Waals surface area contributed by atoms with Gasteiger partial charge in [-0.3, -0.25) is 0 Å². The molecule has 0 aliphatic carbocycles. The van der Waals surface area contributed by atoms with Crippen LogP contribution in [0.1, 0.15) is 19.8 Å². The van der Waals surface area contributed by atoms with Crippen LogP contribution in [0.2, 0.25) is 0 Å². The molecular formula is C8H10O2. The molecule has 10 heavy (non-hydrogen) atoms. The van der Waals surface area contributed by atoms with Gasteiger partial charge in [0.25, 0.3) is 0 Å². The maximum atomic E-state index is 8.95. The molecule has 0 aliphatic rings. The minimum atomic E-state index is -0.606. The van der Waals surface area contributed by atoms with Crippen molar-refractivity contribution in [2.45, 2.75) is 25.9 Å². The van der Waals surface area contributed by atoms with E-state index in [1.807, 2.05) is 6.92 Å². The van der Waals surface area contributed by atoms with Crippen molar-refractivity contribution in [3.63, 3.8) is 0 Å². The minimum Gasteiger partial charge on any atom is -0.461 e. The Balaban J connectivity index is 3.64. The lowest BCUT2D eigenvalue weighted by atomic mass is 10.2. The van der Waals surface area contributed by atoms with Gasteiger partial charge in [-0.05, 0) is 12.3 Å². The first-order chi connectivity index (χ1) is 4.81. The van der Waals surface area contributed by atoms with E-state index in [1.165, 1.54) is 0 Å². The predicted octanol–water partition coefficient (Wildman–Crippen LogP) is 0.484. The second-order valence-electron chi connectivity index (χ2n) is 1.81. The number of hydrogen-bond acceptors (Lipinski definition) is 2. The summed E-state index contributed by atoms with van der Waals surface area (Å²) < 4.78 is 0. The Morgan fingerprint density at radius 1 is 1.40 bits per heavy atom. The zero-order valence-corrected chi connectivity index (χ0v) is 5.89. The van der Waals surface area contributed by atoms with Crippen LogP contribution >= 0.6 is 0 Å². The largest absolute Gasteiger partial charge is 0.461 e. The summed E-state index contributed by atoms with van der Waals surface area (Å²) in [6.45, 7) is 1.96. The summed E-state index contributed by atoms with van der Waals surface area (Å²) in [5.41, 5.74) is 0. The molecule has 54 valence electrons. The molecule has 0 aromatic carbocycles. The summed E-state index contributed by atoms with van der Waals surface area (Å²) in [6.07, 6.45) is 2.57. The Morgan fingerprint density at radius 2 is 2.10 bits per heavy atom. The Kier molecular flexibility index (Phi) is 5.33. The van der Waals surface area contributed by atoms with E-state index in [2.05, 4.69) is 17.8 Å². The van der Waals surface area contributed by atoms with Gasteiger partial charge in [-0.2, -0.15) is 0 Å². The van der Waals surface area contributed by atoms with Crippen LogP contribution in [0.15, 0.2) is 0 Å². The van der Waals surface area contributed by atoms with Gasteiger partial charge >= 0.3 is 0 Å². The highest BCUT2D eigenvalue weighted by Crippen LogP contribution is 1.92. The molecule has 0 radical (unpaired) electrons. The van der Waals surface area contributed by atoms with Gasteiger partial charge in [-0.1, -0.05) is 19.3 Å². The quantitative estimate of drug-likeness (QED) is 0.545. The molecule has 0 amide bonds. The Hall–Kier alpha value is -1.12.